The van der Waals surface area contributed by atoms with Gasteiger partial charge in [-0.25, -0.2) is 4.98 Å². The second-order valence-electron chi connectivity index (χ2n) is 6.09. The van der Waals surface area contributed by atoms with Gasteiger partial charge in [0.1, 0.15) is 5.75 Å². The number of hydrogen-bond acceptors (Lipinski definition) is 5. The zero-order chi connectivity index (χ0) is 19.5. The smallest absolute Gasteiger partial charge is 0.260 e. The second kappa shape index (κ2) is 8.08. The number of anilines is 1. The Morgan fingerprint density at radius 1 is 1.18 bits per heavy atom. The van der Waals surface area contributed by atoms with Gasteiger partial charge in [-0.3, -0.25) is 14.7 Å². The number of halogens is 1. The molecule has 0 radical (unpaired) electrons. The zero-order valence-electron chi connectivity index (χ0n) is 15.0. The summed E-state index contributed by atoms with van der Waals surface area (Å²) in [5.41, 5.74) is 2.33. The van der Waals surface area contributed by atoms with E-state index in [9.17, 15) is 4.79 Å². The molecule has 0 fully saturated rings. The Morgan fingerprint density at radius 2 is 2.07 bits per heavy atom. The van der Waals surface area contributed by atoms with Crippen molar-refractivity contribution in [3.8, 4) is 5.75 Å². The van der Waals surface area contributed by atoms with Crippen molar-refractivity contribution >= 4 is 48.5 Å². The molecule has 0 saturated carbocycles. The van der Waals surface area contributed by atoms with Gasteiger partial charge in [-0.1, -0.05) is 39.4 Å². The lowest BCUT2D eigenvalue weighted by Gasteiger charge is -2.20. The summed E-state index contributed by atoms with van der Waals surface area (Å²) in [4.78, 5) is 23.9. The van der Waals surface area contributed by atoms with Gasteiger partial charge in [0.25, 0.3) is 5.91 Å². The number of ether oxygens (including phenoxy) is 1. The third kappa shape index (κ3) is 3.90. The summed E-state index contributed by atoms with van der Waals surface area (Å²) in [6.45, 7) is 0.385. The van der Waals surface area contributed by atoms with Crippen LogP contribution in [0.25, 0.3) is 10.2 Å². The van der Waals surface area contributed by atoms with E-state index in [0.29, 0.717) is 17.2 Å². The SMILES string of the molecule is COc1ccc2sc(N(Cc3cccnc3)C(=O)c3cccc(Br)c3)nc2c1. The first-order chi connectivity index (χ1) is 13.6. The highest BCUT2D eigenvalue weighted by atomic mass is 79.9. The molecule has 0 atom stereocenters. The molecule has 2 aromatic carbocycles. The molecule has 0 aliphatic heterocycles. The molecule has 0 N–H and O–H groups in total. The molecule has 0 unspecified atom stereocenters. The van der Waals surface area contributed by atoms with Gasteiger partial charge in [0.05, 0.1) is 23.9 Å². The van der Waals surface area contributed by atoms with Crippen molar-refractivity contribution in [3.05, 3.63) is 82.6 Å². The lowest BCUT2D eigenvalue weighted by Crippen LogP contribution is -2.30. The number of thiazole rings is 1. The number of amides is 1. The molecular weight excluding hydrogens is 438 g/mol. The molecule has 0 saturated heterocycles. The monoisotopic (exact) mass is 453 g/mol. The molecule has 140 valence electrons. The molecular formula is C21H16BrN3O2S. The third-order valence-electron chi connectivity index (χ3n) is 4.19. The number of carbonyl (C=O) groups excluding carboxylic acids is 1. The maximum absolute atomic E-state index is 13.3. The van der Waals surface area contributed by atoms with Crippen LogP contribution in [0.5, 0.6) is 5.75 Å². The number of nitrogens with zero attached hydrogens (tertiary/aromatic N) is 3. The summed E-state index contributed by atoms with van der Waals surface area (Å²) < 4.78 is 7.14. The van der Waals surface area contributed by atoms with Crippen molar-refractivity contribution in [3.63, 3.8) is 0 Å². The van der Waals surface area contributed by atoms with Crippen molar-refractivity contribution in [2.45, 2.75) is 6.54 Å². The Morgan fingerprint density at radius 3 is 2.82 bits per heavy atom. The van der Waals surface area contributed by atoms with E-state index in [1.165, 1.54) is 11.3 Å². The lowest BCUT2D eigenvalue weighted by atomic mass is 10.2. The molecule has 4 rings (SSSR count). The fourth-order valence-electron chi connectivity index (χ4n) is 2.82. The number of hydrogen-bond donors (Lipinski definition) is 0. The van der Waals surface area contributed by atoms with Crippen LogP contribution in [-0.4, -0.2) is 23.0 Å². The number of rotatable bonds is 5. The van der Waals surface area contributed by atoms with Crippen LogP contribution in [0.2, 0.25) is 0 Å². The maximum atomic E-state index is 13.3. The topological polar surface area (TPSA) is 55.3 Å². The van der Waals surface area contributed by atoms with Crippen molar-refractivity contribution in [2.24, 2.45) is 0 Å². The van der Waals surface area contributed by atoms with Gasteiger partial charge in [0, 0.05) is 28.5 Å². The molecule has 1 amide bonds. The second-order valence-corrected chi connectivity index (χ2v) is 8.02. The Balaban J connectivity index is 1.77. The number of benzene rings is 2. The van der Waals surface area contributed by atoms with E-state index in [4.69, 9.17) is 9.72 Å². The average Bonchev–Trinajstić information content (AvgIpc) is 3.15. The fraction of sp³-hybridized carbons (Fsp3) is 0.0952. The summed E-state index contributed by atoms with van der Waals surface area (Å²) in [6.07, 6.45) is 3.48. The van der Waals surface area contributed by atoms with Crippen LogP contribution in [0.15, 0.2) is 71.5 Å². The number of aromatic nitrogens is 2. The molecule has 0 aliphatic rings. The van der Waals surface area contributed by atoms with Gasteiger partial charge in [-0.15, -0.1) is 0 Å². The molecule has 0 aliphatic carbocycles. The first kappa shape index (κ1) is 18.6. The Labute approximate surface area is 174 Å². The van der Waals surface area contributed by atoms with Gasteiger partial charge in [-0.2, -0.15) is 0 Å². The molecule has 2 heterocycles. The first-order valence-electron chi connectivity index (χ1n) is 8.55. The van der Waals surface area contributed by atoms with Gasteiger partial charge < -0.3 is 4.74 Å². The van der Waals surface area contributed by atoms with Crippen LogP contribution < -0.4 is 9.64 Å². The number of pyridine rings is 1. The standard InChI is InChI=1S/C21H16BrN3O2S/c1-27-17-7-8-19-18(11-17)24-21(28-19)25(13-14-4-3-9-23-12-14)20(26)15-5-2-6-16(22)10-15/h2-12H,13H2,1H3. The molecule has 2 aromatic heterocycles. The van der Waals surface area contributed by atoms with Crippen molar-refractivity contribution in [1.29, 1.82) is 0 Å². The summed E-state index contributed by atoms with van der Waals surface area (Å²) >= 11 is 4.92. The third-order valence-corrected chi connectivity index (χ3v) is 5.75. The minimum absolute atomic E-state index is 0.115. The van der Waals surface area contributed by atoms with E-state index in [1.807, 2.05) is 48.5 Å². The normalized spacial score (nSPS) is 10.8. The minimum Gasteiger partial charge on any atom is -0.497 e. The quantitative estimate of drug-likeness (QED) is 0.410. The Bertz CT molecular complexity index is 1130. The molecule has 0 bridgehead atoms. The highest BCUT2D eigenvalue weighted by Crippen LogP contribution is 2.33. The van der Waals surface area contributed by atoms with Crippen molar-refractivity contribution < 1.29 is 9.53 Å². The minimum atomic E-state index is -0.115. The van der Waals surface area contributed by atoms with Crippen molar-refractivity contribution in [2.75, 3.05) is 12.0 Å². The summed E-state index contributed by atoms with van der Waals surface area (Å²) in [7, 11) is 1.62. The van der Waals surface area contributed by atoms with E-state index in [1.54, 1.807) is 30.5 Å². The lowest BCUT2D eigenvalue weighted by molar-refractivity contribution is 0.0985. The number of carbonyl (C=O) groups is 1. The predicted octanol–water partition coefficient (Wildman–Crippen LogP) is 5.31. The molecule has 28 heavy (non-hydrogen) atoms. The highest BCUT2D eigenvalue weighted by molar-refractivity contribution is 9.10. The summed E-state index contributed by atoms with van der Waals surface area (Å²) in [5, 5.41) is 0.636. The fourth-order valence-corrected chi connectivity index (χ4v) is 4.16. The average molecular weight is 454 g/mol. The Kier molecular flexibility index (Phi) is 5.36. The van der Waals surface area contributed by atoms with E-state index in [-0.39, 0.29) is 5.91 Å². The van der Waals surface area contributed by atoms with Crippen LogP contribution in [0.4, 0.5) is 5.13 Å². The molecule has 0 spiro atoms. The van der Waals surface area contributed by atoms with E-state index in [0.717, 1.165) is 26.0 Å². The van der Waals surface area contributed by atoms with Gasteiger partial charge in [-0.05, 0) is 42.0 Å². The largest absolute Gasteiger partial charge is 0.497 e. The highest BCUT2D eigenvalue weighted by Gasteiger charge is 2.22. The van der Waals surface area contributed by atoms with E-state index < -0.39 is 0 Å². The number of fused-ring (bicyclic) bond motifs is 1. The zero-order valence-corrected chi connectivity index (χ0v) is 17.4. The van der Waals surface area contributed by atoms with E-state index >= 15 is 0 Å². The van der Waals surface area contributed by atoms with Gasteiger partial charge in [0.15, 0.2) is 5.13 Å². The van der Waals surface area contributed by atoms with Crippen LogP contribution >= 0.6 is 27.3 Å². The maximum Gasteiger partial charge on any atom is 0.260 e. The molecule has 5 nitrogen and oxygen atoms in total. The van der Waals surface area contributed by atoms with Crippen LogP contribution in [-0.2, 0) is 6.54 Å². The van der Waals surface area contributed by atoms with Crippen LogP contribution in [0.1, 0.15) is 15.9 Å². The summed E-state index contributed by atoms with van der Waals surface area (Å²) in [6, 6.07) is 16.9. The van der Waals surface area contributed by atoms with Gasteiger partial charge >= 0.3 is 0 Å². The van der Waals surface area contributed by atoms with Gasteiger partial charge in [0.2, 0.25) is 0 Å². The first-order valence-corrected chi connectivity index (χ1v) is 10.2. The summed E-state index contributed by atoms with van der Waals surface area (Å²) in [5.74, 6) is 0.623. The van der Waals surface area contributed by atoms with Crippen molar-refractivity contribution in [1.82, 2.24) is 9.97 Å². The Hall–Kier alpha value is -2.77. The van der Waals surface area contributed by atoms with E-state index in [2.05, 4.69) is 20.9 Å². The predicted molar refractivity (Wildman–Crippen MR) is 115 cm³/mol. The molecule has 7 heteroatoms. The number of methoxy groups -OCH3 is 1. The van der Waals surface area contributed by atoms with Crippen LogP contribution in [0, 0.1) is 0 Å². The van der Waals surface area contributed by atoms with Crippen LogP contribution in [0.3, 0.4) is 0 Å². The molecule has 4 aromatic rings.